The van der Waals surface area contributed by atoms with Crippen LogP contribution in [0.1, 0.15) is 36.6 Å². The highest BCUT2D eigenvalue weighted by molar-refractivity contribution is 5.78. The zero-order chi connectivity index (χ0) is 19.7. The second kappa shape index (κ2) is 7.45. The summed E-state index contributed by atoms with van der Waals surface area (Å²) in [5, 5.41) is 17.3. The molecule has 2 aliphatic heterocycles. The van der Waals surface area contributed by atoms with E-state index in [0.717, 1.165) is 24.1 Å². The summed E-state index contributed by atoms with van der Waals surface area (Å²) >= 11 is 0. The third kappa shape index (κ3) is 3.70. The maximum absolute atomic E-state index is 11.6. The molecule has 2 aromatic rings. The minimum absolute atomic E-state index is 0.00715. The molecule has 0 unspecified atom stereocenters. The van der Waals surface area contributed by atoms with Crippen LogP contribution >= 0.6 is 0 Å². The number of carbonyl (C=O) groups excluding carboxylic acids is 1. The van der Waals surface area contributed by atoms with E-state index in [1.165, 1.54) is 5.56 Å². The quantitative estimate of drug-likeness (QED) is 0.755. The molecule has 4 rings (SSSR count). The summed E-state index contributed by atoms with van der Waals surface area (Å²) in [5.41, 5.74) is 2.24. The molecule has 2 atom stereocenters. The molecule has 2 heterocycles. The van der Waals surface area contributed by atoms with Crippen molar-refractivity contribution in [3.05, 3.63) is 59.2 Å². The van der Waals surface area contributed by atoms with Crippen LogP contribution in [0.2, 0.25) is 0 Å². The molecule has 0 radical (unpaired) electrons. The number of hydrogen-bond donors (Lipinski definition) is 3. The van der Waals surface area contributed by atoms with Gasteiger partial charge in [-0.25, -0.2) is 0 Å². The molecule has 6 heteroatoms. The second-order valence-corrected chi connectivity index (χ2v) is 7.88. The fourth-order valence-corrected chi connectivity index (χ4v) is 3.76. The largest absolute Gasteiger partial charge is 0.485 e. The van der Waals surface area contributed by atoms with Crippen LogP contribution in [0.5, 0.6) is 11.5 Å². The van der Waals surface area contributed by atoms with Crippen LogP contribution in [0, 0.1) is 0 Å². The number of hydrogen-bond acceptors (Lipinski definition) is 5. The third-order valence-corrected chi connectivity index (χ3v) is 5.38. The number of aliphatic hydroxyl groups excluding tert-OH is 1. The molecule has 1 amide bonds. The monoisotopic (exact) mass is 382 g/mol. The molecule has 0 bridgehead atoms. The van der Waals surface area contributed by atoms with Crippen LogP contribution in [-0.4, -0.2) is 35.9 Å². The fraction of sp³-hybridized carbons (Fsp3) is 0.409. The molecule has 0 saturated heterocycles. The van der Waals surface area contributed by atoms with Gasteiger partial charge in [0.05, 0.1) is 6.04 Å². The van der Waals surface area contributed by atoms with Crippen LogP contribution < -0.4 is 20.1 Å². The molecule has 28 heavy (non-hydrogen) atoms. The van der Waals surface area contributed by atoms with Crippen molar-refractivity contribution in [1.82, 2.24) is 10.6 Å². The molecule has 0 fully saturated rings. The van der Waals surface area contributed by atoms with Gasteiger partial charge in [-0.2, -0.15) is 0 Å². The normalized spacial score (nSPS) is 22.8. The SMILES string of the molecule is CC1(C)Oc2cc3c(cc2[C@H](NCCc2ccccc2)[C@H]1O)OCC(=O)NC3. The third-order valence-electron chi connectivity index (χ3n) is 5.38. The Bertz CT molecular complexity index is 866. The first kappa shape index (κ1) is 18.8. The van der Waals surface area contributed by atoms with Crippen LogP contribution in [0.3, 0.4) is 0 Å². The van der Waals surface area contributed by atoms with Crippen molar-refractivity contribution < 1.29 is 19.4 Å². The summed E-state index contributed by atoms with van der Waals surface area (Å²) in [6, 6.07) is 13.8. The molecule has 0 aliphatic carbocycles. The highest BCUT2D eigenvalue weighted by atomic mass is 16.5. The molecule has 2 aromatic carbocycles. The number of amides is 1. The van der Waals surface area contributed by atoms with Crippen LogP contribution in [0.15, 0.2) is 42.5 Å². The number of benzene rings is 2. The number of ether oxygens (including phenoxy) is 2. The molecule has 148 valence electrons. The van der Waals surface area contributed by atoms with Crippen molar-refractivity contribution in [2.75, 3.05) is 13.2 Å². The molecule has 3 N–H and O–H groups in total. The summed E-state index contributed by atoms with van der Waals surface area (Å²) < 4.78 is 11.8. The molecular weight excluding hydrogens is 356 g/mol. The van der Waals surface area contributed by atoms with Gasteiger partial charge in [-0.05, 0) is 44.5 Å². The van der Waals surface area contributed by atoms with Crippen LogP contribution in [0.25, 0.3) is 0 Å². The molecule has 0 saturated carbocycles. The number of carbonyl (C=O) groups is 1. The van der Waals surface area contributed by atoms with Crippen molar-refractivity contribution in [3.63, 3.8) is 0 Å². The Morgan fingerprint density at radius 2 is 2.00 bits per heavy atom. The van der Waals surface area contributed by atoms with Gasteiger partial charge in [0.25, 0.3) is 5.91 Å². The van der Waals surface area contributed by atoms with Gasteiger partial charge in [-0.15, -0.1) is 0 Å². The van der Waals surface area contributed by atoms with Crippen LogP contribution in [0.4, 0.5) is 0 Å². The van der Waals surface area contributed by atoms with Crippen molar-refractivity contribution in [2.45, 2.75) is 44.6 Å². The van der Waals surface area contributed by atoms with Crippen molar-refractivity contribution >= 4 is 5.91 Å². The second-order valence-electron chi connectivity index (χ2n) is 7.88. The zero-order valence-corrected chi connectivity index (χ0v) is 16.2. The first-order chi connectivity index (χ1) is 13.4. The van der Waals surface area contributed by atoms with Gasteiger partial charge in [0.15, 0.2) is 6.61 Å². The minimum Gasteiger partial charge on any atom is -0.485 e. The first-order valence-corrected chi connectivity index (χ1v) is 9.65. The van der Waals surface area contributed by atoms with Gasteiger partial charge in [0, 0.05) is 17.7 Å². The number of fused-ring (bicyclic) bond motifs is 2. The van der Waals surface area contributed by atoms with E-state index < -0.39 is 11.7 Å². The van der Waals surface area contributed by atoms with Gasteiger partial charge in [0.2, 0.25) is 0 Å². The highest BCUT2D eigenvalue weighted by Gasteiger charge is 2.43. The average Bonchev–Trinajstić information content (AvgIpc) is 2.86. The van der Waals surface area contributed by atoms with E-state index in [2.05, 4.69) is 22.8 Å². The summed E-state index contributed by atoms with van der Waals surface area (Å²) in [7, 11) is 0. The van der Waals surface area contributed by atoms with E-state index in [1.54, 1.807) is 0 Å². The van der Waals surface area contributed by atoms with E-state index in [1.807, 2.05) is 44.2 Å². The Labute approximate surface area is 164 Å². The van der Waals surface area contributed by atoms with Crippen molar-refractivity contribution in [1.29, 1.82) is 0 Å². The molecule has 6 nitrogen and oxygen atoms in total. The zero-order valence-electron chi connectivity index (χ0n) is 16.2. The van der Waals surface area contributed by atoms with Crippen molar-refractivity contribution in [2.24, 2.45) is 0 Å². The molecule has 2 aliphatic rings. The minimum atomic E-state index is -0.736. The smallest absolute Gasteiger partial charge is 0.258 e. The highest BCUT2D eigenvalue weighted by Crippen LogP contribution is 2.43. The predicted octanol–water partition coefficient (Wildman–Crippen LogP) is 2.10. The summed E-state index contributed by atoms with van der Waals surface area (Å²) in [5.74, 6) is 1.22. The van der Waals surface area contributed by atoms with E-state index in [9.17, 15) is 9.90 Å². The summed E-state index contributed by atoms with van der Waals surface area (Å²) in [6.45, 7) is 4.89. The Morgan fingerprint density at radius 1 is 1.21 bits per heavy atom. The Balaban J connectivity index is 1.60. The van der Waals surface area contributed by atoms with Gasteiger partial charge in [-0.1, -0.05) is 30.3 Å². The molecule has 0 aromatic heterocycles. The lowest BCUT2D eigenvalue weighted by Crippen LogP contribution is -2.52. The number of aliphatic hydroxyl groups is 1. The van der Waals surface area contributed by atoms with Crippen LogP contribution in [-0.2, 0) is 17.8 Å². The standard InChI is InChI=1S/C22H26N2O4/c1-22(2)21(26)20(23-9-8-14-6-4-3-5-7-14)16-11-17-15(10-18(16)28-22)12-24-19(25)13-27-17/h3-7,10-11,20-21,23,26H,8-9,12-13H2,1-2H3,(H,24,25)/t20-,21+/m0/s1. The van der Waals surface area contributed by atoms with E-state index in [0.29, 0.717) is 18.0 Å². The average molecular weight is 382 g/mol. The van der Waals surface area contributed by atoms with Gasteiger partial charge in [0.1, 0.15) is 23.2 Å². The molecule has 0 spiro atoms. The van der Waals surface area contributed by atoms with Gasteiger partial charge < -0.3 is 25.2 Å². The fourth-order valence-electron chi connectivity index (χ4n) is 3.76. The van der Waals surface area contributed by atoms with Gasteiger partial charge in [-0.3, -0.25) is 4.79 Å². The maximum atomic E-state index is 11.6. The predicted molar refractivity (Wildman–Crippen MR) is 105 cm³/mol. The lowest BCUT2D eigenvalue weighted by Gasteiger charge is -2.42. The summed E-state index contributed by atoms with van der Waals surface area (Å²) in [6.07, 6.45) is 0.139. The molecular formula is C22H26N2O4. The van der Waals surface area contributed by atoms with E-state index in [-0.39, 0.29) is 18.6 Å². The Kier molecular flexibility index (Phi) is 5.00. The van der Waals surface area contributed by atoms with Gasteiger partial charge >= 0.3 is 0 Å². The lowest BCUT2D eigenvalue weighted by atomic mass is 9.85. The first-order valence-electron chi connectivity index (χ1n) is 9.65. The summed E-state index contributed by atoms with van der Waals surface area (Å²) in [4.78, 5) is 11.6. The number of rotatable bonds is 4. The van der Waals surface area contributed by atoms with E-state index in [4.69, 9.17) is 9.47 Å². The Hall–Kier alpha value is -2.57. The topological polar surface area (TPSA) is 79.8 Å². The van der Waals surface area contributed by atoms with Crippen molar-refractivity contribution in [3.8, 4) is 11.5 Å². The number of nitrogens with one attached hydrogen (secondary N) is 2. The maximum Gasteiger partial charge on any atom is 0.258 e. The Morgan fingerprint density at radius 3 is 2.79 bits per heavy atom. The van der Waals surface area contributed by atoms with E-state index >= 15 is 0 Å². The lowest BCUT2D eigenvalue weighted by molar-refractivity contribution is -0.122.